The van der Waals surface area contributed by atoms with Crippen LogP contribution >= 0.6 is 0 Å². The average molecular weight is 289 g/mol. The monoisotopic (exact) mass is 289 g/mol. The number of ether oxygens (including phenoxy) is 2. The van der Waals surface area contributed by atoms with Crippen molar-refractivity contribution in [2.75, 3.05) is 19.5 Å². The molecular weight excluding hydrogens is 269 g/mol. The van der Waals surface area contributed by atoms with E-state index in [9.17, 15) is 4.39 Å². The Balaban J connectivity index is 2.34. The number of aryl methyl sites for hydroxylation is 1. The number of nitrogens with one attached hydrogen (secondary N) is 1. The number of methoxy groups -OCH3 is 2. The summed E-state index contributed by atoms with van der Waals surface area (Å²) in [6, 6.07) is 10.4. The summed E-state index contributed by atoms with van der Waals surface area (Å²) >= 11 is 0. The second-order valence-corrected chi connectivity index (χ2v) is 4.93. The number of halogens is 1. The molecule has 0 saturated heterocycles. The van der Waals surface area contributed by atoms with Crippen molar-refractivity contribution in [2.45, 2.75) is 19.9 Å². The molecule has 2 rings (SSSR count). The van der Waals surface area contributed by atoms with Crippen molar-refractivity contribution in [3.63, 3.8) is 0 Å². The fourth-order valence-corrected chi connectivity index (χ4v) is 2.36. The fourth-order valence-electron chi connectivity index (χ4n) is 2.36. The highest BCUT2D eigenvalue weighted by atomic mass is 19.1. The van der Waals surface area contributed by atoms with Gasteiger partial charge in [0, 0.05) is 0 Å². The minimum Gasteiger partial charge on any atom is -0.496 e. The summed E-state index contributed by atoms with van der Waals surface area (Å²) in [5.41, 5.74) is 2.44. The maximum absolute atomic E-state index is 14.1. The predicted octanol–water partition coefficient (Wildman–Crippen LogP) is 4.32. The van der Waals surface area contributed by atoms with Crippen molar-refractivity contribution in [3.05, 3.63) is 53.3 Å². The normalized spacial score (nSPS) is 11.9. The molecule has 0 bridgehead atoms. The molecule has 0 aromatic heterocycles. The number of benzene rings is 2. The molecule has 0 radical (unpaired) electrons. The first-order chi connectivity index (χ1) is 10.1. The average Bonchev–Trinajstić information content (AvgIpc) is 2.47. The lowest BCUT2D eigenvalue weighted by molar-refractivity contribution is 0.401. The molecule has 1 atom stereocenters. The van der Waals surface area contributed by atoms with Gasteiger partial charge in [-0.25, -0.2) is 4.39 Å². The van der Waals surface area contributed by atoms with E-state index < -0.39 is 0 Å². The van der Waals surface area contributed by atoms with Gasteiger partial charge < -0.3 is 14.8 Å². The minimum atomic E-state index is -0.291. The molecule has 2 aromatic rings. The van der Waals surface area contributed by atoms with Crippen molar-refractivity contribution in [2.24, 2.45) is 0 Å². The second kappa shape index (κ2) is 6.48. The van der Waals surface area contributed by atoms with Crippen molar-refractivity contribution >= 4 is 5.69 Å². The van der Waals surface area contributed by atoms with Crippen molar-refractivity contribution in [1.29, 1.82) is 0 Å². The third-order valence-corrected chi connectivity index (χ3v) is 3.39. The first-order valence-electron chi connectivity index (χ1n) is 6.80. The first kappa shape index (κ1) is 15.2. The summed E-state index contributed by atoms with van der Waals surface area (Å²) in [6.07, 6.45) is 0. The van der Waals surface area contributed by atoms with Crippen LogP contribution in [0.5, 0.6) is 11.5 Å². The molecule has 0 fully saturated rings. The quantitative estimate of drug-likeness (QED) is 0.889. The summed E-state index contributed by atoms with van der Waals surface area (Å²) in [7, 11) is 3.16. The van der Waals surface area contributed by atoms with E-state index in [0.29, 0.717) is 11.3 Å². The van der Waals surface area contributed by atoms with E-state index in [1.165, 1.54) is 13.2 Å². The van der Waals surface area contributed by atoms with Gasteiger partial charge in [-0.2, -0.15) is 0 Å². The lowest BCUT2D eigenvalue weighted by Gasteiger charge is -2.20. The van der Waals surface area contributed by atoms with Crippen molar-refractivity contribution in [3.8, 4) is 11.5 Å². The van der Waals surface area contributed by atoms with Crippen LogP contribution in [-0.4, -0.2) is 14.2 Å². The largest absolute Gasteiger partial charge is 0.496 e. The Kier molecular flexibility index (Phi) is 4.68. The highest BCUT2D eigenvalue weighted by molar-refractivity contribution is 5.59. The first-order valence-corrected chi connectivity index (χ1v) is 6.80. The summed E-state index contributed by atoms with van der Waals surface area (Å²) in [5.74, 6) is 0.963. The topological polar surface area (TPSA) is 30.5 Å². The SMILES string of the molecule is COc1ccc(C)cc1NC(C)c1c(F)cccc1OC. The Labute approximate surface area is 124 Å². The summed E-state index contributed by atoms with van der Waals surface area (Å²) in [4.78, 5) is 0. The summed E-state index contributed by atoms with van der Waals surface area (Å²) < 4.78 is 24.7. The summed E-state index contributed by atoms with van der Waals surface area (Å²) in [5, 5.41) is 3.29. The Morgan fingerprint density at radius 2 is 1.76 bits per heavy atom. The van der Waals surface area contributed by atoms with Crippen molar-refractivity contribution in [1.82, 2.24) is 0 Å². The second-order valence-electron chi connectivity index (χ2n) is 4.93. The zero-order valence-electron chi connectivity index (χ0n) is 12.7. The van der Waals surface area contributed by atoms with Gasteiger partial charge in [-0.05, 0) is 43.7 Å². The van der Waals surface area contributed by atoms with Gasteiger partial charge in [0.2, 0.25) is 0 Å². The zero-order valence-corrected chi connectivity index (χ0v) is 12.7. The van der Waals surface area contributed by atoms with E-state index in [1.54, 1.807) is 19.2 Å². The van der Waals surface area contributed by atoms with Crippen LogP contribution in [0.4, 0.5) is 10.1 Å². The Hall–Kier alpha value is -2.23. The van der Waals surface area contributed by atoms with E-state index in [1.807, 2.05) is 32.0 Å². The molecular formula is C17H20FNO2. The van der Waals surface area contributed by atoms with Gasteiger partial charge in [0.25, 0.3) is 0 Å². The molecule has 0 amide bonds. The van der Waals surface area contributed by atoms with Crippen LogP contribution in [0.15, 0.2) is 36.4 Å². The molecule has 4 heteroatoms. The Bertz CT molecular complexity index is 628. The maximum Gasteiger partial charge on any atom is 0.141 e. The van der Waals surface area contributed by atoms with E-state index >= 15 is 0 Å². The van der Waals surface area contributed by atoms with Crippen LogP contribution in [0.25, 0.3) is 0 Å². The van der Waals surface area contributed by atoms with Crippen LogP contribution in [0.3, 0.4) is 0 Å². The van der Waals surface area contributed by atoms with Crippen LogP contribution in [0.1, 0.15) is 24.1 Å². The van der Waals surface area contributed by atoms with Gasteiger partial charge in [0.05, 0.1) is 31.5 Å². The van der Waals surface area contributed by atoms with Crippen LogP contribution in [0.2, 0.25) is 0 Å². The summed E-state index contributed by atoms with van der Waals surface area (Å²) in [6.45, 7) is 3.89. The zero-order chi connectivity index (χ0) is 15.4. The van der Waals surface area contributed by atoms with Crippen LogP contribution < -0.4 is 14.8 Å². The van der Waals surface area contributed by atoms with Crippen molar-refractivity contribution < 1.29 is 13.9 Å². The maximum atomic E-state index is 14.1. The molecule has 2 aromatic carbocycles. The third kappa shape index (κ3) is 3.27. The van der Waals surface area contributed by atoms with E-state index in [0.717, 1.165) is 17.0 Å². The molecule has 0 heterocycles. The number of hydrogen-bond donors (Lipinski definition) is 1. The van der Waals surface area contributed by atoms with Gasteiger partial charge in [-0.1, -0.05) is 12.1 Å². The highest BCUT2D eigenvalue weighted by Gasteiger charge is 2.17. The Morgan fingerprint density at radius 1 is 1.05 bits per heavy atom. The third-order valence-electron chi connectivity index (χ3n) is 3.39. The lowest BCUT2D eigenvalue weighted by Crippen LogP contribution is -2.11. The molecule has 21 heavy (non-hydrogen) atoms. The van der Waals surface area contributed by atoms with Crippen LogP contribution in [0, 0.1) is 12.7 Å². The van der Waals surface area contributed by atoms with Gasteiger partial charge in [0.15, 0.2) is 0 Å². The Morgan fingerprint density at radius 3 is 2.43 bits per heavy atom. The predicted molar refractivity (Wildman–Crippen MR) is 82.7 cm³/mol. The standard InChI is InChI=1S/C17H20FNO2/c1-11-8-9-15(20-3)14(10-11)19-12(2)17-13(18)6-5-7-16(17)21-4/h5-10,12,19H,1-4H3. The van der Waals surface area contributed by atoms with Gasteiger partial charge in [-0.15, -0.1) is 0 Å². The smallest absolute Gasteiger partial charge is 0.141 e. The molecule has 0 aliphatic heterocycles. The molecule has 1 N–H and O–H groups in total. The van der Waals surface area contributed by atoms with E-state index in [2.05, 4.69) is 5.32 Å². The molecule has 3 nitrogen and oxygen atoms in total. The molecule has 1 unspecified atom stereocenters. The molecule has 112 valence electrons. The van der Waals surface area contributed by atoms with Crippen LogP contribution in [-0.2, 0) is 0 Å². The van der Waals surface area contributed by atoms with Gasteiger partial charge in [0.1, 0.15) is 17.3 Å². The van der Waals surface area contributed by atoms with Gasteiger partial charge >= 0.3 is 0 Å². The lowest BCUT2D eigenvalue weighted by atomic mass is 10.1. The number of anilines is 1. The molecule has 0 spiro atoms. The van der Waals surface area contributed by atoms with Gasteiger partial charge in [-0.3, -0.25) is 0 Å². The fraction of sp³-hybridized carbons (Fsp3) is 0.294. The molecule has 0 saturated carbocycles. The minimum absolute atomic E-state index is 0.253. The number of rotatable bonds is 5. The molecule has 0 aliphatic rings. The number of hydrogen-bond acceptors (Lipinski definition) is 3. The van der Waals surface area contributed by atoms with E-state index in [-0.39, 0.29) is 11.9 Å². The van der Waals surface area contributed by atoms with E-state index in [4.69, 9.17) is 9.47 Å². The highest BCUT2D eigenvalue weighted by Crippen LogP contribution is 2.33. The molecule has 0 aliphatic carbocycles.